The van der Waals surface area contributed by atoms with Crippen LogP contribution in [-0.4, -0.2) is 93.0 Å². The van der Waals surface area contributed by atoms with Gasteiger partial charge in [0.05, 0.1) is 16.3 Å². The van der Waals surface area contributed by atoms with E-state index in [1.54, 1.807) is 16.4 Å². The molecule has 1 atom stereocenters. The van der Waals surface area contributed by atoms with Crippen molar-refractivity contribution in [3.8, 4) is 10.6 Å². The lowest BCUT2D eigenvalue weighted by Crippen LogP contribution is -2.52. The van der Waals surface area contributed by atoms with Crippen LogP contribution >= 0.6 is 11.3 Å². The summed E-state index contributed by atoms with van der Waals surface area (Å²) in [5, 5.41) is 4.00. The first-order chi connectivity index (χ1) is 18.6. The molecular weight excluding hydrogens is 534 g/mol. The molecule has 1 aromatic carbocycles. The number of nitrogens with two attached hydrogens (primary N) is 1. The number of benzene rings is 1. The molecule has 0 bridgehead atoms. The van der Waals surface area contributed by atoms with E-state index in [0.29, 0.717) is 48.7 Å². The number of piperazine rings is 1. The van der Waals surface area contributed by atoms with Gasteiger partial charge >= 0.3 is 0 Å². The Kier molecular flexibility index (Phi) is 7.84. The number of thiophene rings is 1. The topological polar surface area (TPSA) is 112 Å². The van der Waals surface area contributed by atoms with Crippen LogP contribution in [0.3, 0.4) is 0 Å². The zero-order valence-electron chi connectivity index (χ0n) is 23.2. The first-order valence-corrected chi connectivity index (χ1v) is 15.4. The molecule has 0 spiro atoms. The fourth-order valence-electron chi connectivity index (χ4n) is 5.25. The minimum atomic E-state index is -3.57. The van der Waals surface area contributed by atoms with Gasteiger partial charge in [0.1, 0.15) is 16.7 Å². The van der Waals surface area contributed by atoms with Crippen molar-refractivity contribution in [3.05, 3.63) is 52.7 Å². The van der Waals surface area contributed by atoms with Gasteiger partial charge in [0, 0.05) is 56.4 Å². The third kappa shape index (κ3) is 5.48. The summed E-state index contributed by atoms with van der Waals surface area (Å²) in [6, 6.07) is 9.89. The van der Waals surface area contributed by atoms with Gasteiger partial charge in [0.15, 0.2) is 5.76 Å². The normalized spacial score (nSPS) is 17.9. The Labute approximate surface area is 234 Å². The number of aryl methyl sites for hydroxylation is 1. The Morgan fingerprint density at radius 3 is 2.54 bits per heavy atom. The van der Waals surface area contributed by atoms with Crippen LogP contribution < -0.4 is 10.6 Å². The van der Waals surface area contributed by atoms with E-state index in [4.69, 9.17) is 10.3 Å². The third-order valence-electron chi connectivity index (χ3n) is 7.50. The summed E-state index contributed by atoms with van der Waals surface area (Å²) in [6.45, 7) is 10.4. The maximum absolute atomic E-state index is 13.4. The van der Waals surface area contributed by atoms with E-state index >= 15 is 0 Å². The Balaban J connectivity index is 1.24. The van der Waals surface area contributed by atoms with E-state index in [1.807, 2.05) is 26.0 Å². The minimum absolute atomic E-state index is 0.181. The van der Waals surface area contributed by atoms with Crippen molar-refractivity contribution < 1.29 is 12.9 Å². The third-order valence-corrected chi connectivity index (χ3v) is 11.0. The van der Waals surface area contributed by atoms with Crippen molar-refractivity contribution in [2.24, 2.45) is 10.7 Å². The molecule has 0 amide bonds. The molecule has 1 fully saturated rings. The maximum atomic E-state index is 13.4. The Morgan fingerprint density at radius 1 is 1.13 bits per heavy atom. The van der Waals surface area contributed by atoms with Crippen molar-refractivity contribution in [3.63, 3.8) is 0 Å². The number of anilines is 1. The molecule has 2 aromatic heterocycles. The number of aliphatic imine (C=N–C) groups is 1. The first-order valence-electron chi connectivity index (χ1n) is 13.2. The van der Waals surface area contributed by atoms with Crippen LogP contribution in [0.15, 0.2) is 44.1 Å². The molecule has 3 aromatic rings. The van der Waals surface area contributed by atoms with E-state index < -0.39 is 10.0 Å². The molecule has 10 nitrogen and oxygen atoms in total. The Bertz CT molecular complexity index is 1470. The van der Waals surface area contributed by atoms with Crippen LogP contribution in [0.2, 0.25) is 0 Å². The molecule has 210 valence electrons. The molecule has 0 aliphatic carbocycles. The average molecular weight is 572 g/mol. The lowest BCUT2D eigenvalue weighted by molar-refractivity contribution is 0.180. The number of para-hydroxylation sites is 1. The smallest absolute Gasteiger partial charge is 0.252 e. The summed E-state index contributed by atoms with van der Waals surface area (Å²) in [5.41, 5.74) is 11.4. The van der Waals surface area contributed by atoms with Gasteiger partial charge in [-0.05, 0) is 58.6 Å². The second-order valence-corrected chi connectivity index (χ2v) is 13.8. The molecule has 2 N–H and O–H groups in total. The van der Waals surface area contributed by atoms with E-state index in [1.165, 1.54) is 16.9 Å². The van der Waals surface area contributed by atoms with Crippen LogP contribution in [0.5, 0.6) is 0 Å². The lowest BCUT2D eigenvalue weighted by Gasteiger charge is -2.40. The van der Waals surface area contributed by atoms with Gasteiger partial charge in [-0.1, -0.05) is 17.3 Å². The van der Waals surface area contributed by atoms with Gasteiger partial charge in [-0.25, -0.2) is 13.4 Å². The summed E-state index contributed by atoms with van der Waals surface area (Å²) in [7, 11) is 0.553. The number of fused-ring (bicyclic) bond motifs is 1. The zero-order chi connectivity index (χ0) is 27.9. The number of sulfonamides is 1. The first kappa shape index (κ1) is 27.8. The van der Waals surface area contributed by atoms with Gasteiger partial charge in [-0.15, -0.1) is 11.3 Å². The van der Waals surface area contributed by atoms with Crippen LogP contribution in [0.1, 0.15) is 29.3 Å². The highest BCUT2D eigenvalue weighted by atomic mass is 32.2. The van der Waals surface area contributed by atoms with Gasteiger partial charge < -0.3 is 20.1 Å². The zero-order valence-corrected chi connectivity index (χ0v) is 24.8. The standard InChI is InChI=1S/C27H37N7O3S2/c1-18(34-17-29-27(28)22-8-6-7-21(25(22)34)16-31(4)5)15-32-11-13-33(14-12-32)39(35,36)24-10-9-23(38-24)26-19(2)20(3)30-37-26/h6-10,18H,11-17H2,1-5H3,(H2,28,29)/t18-/m0/s1. The molecule has 5 rings (SSSR count). The SMILES string of the molecule is Cc1noc(-c2ccc(S(=O)(=O)N3CCN(C[C@H](C)N4CN=C(N)c5cccc(CN(C)C)c54)CC3)s2)c1C. The average Bonchev–Trinajstić information content (AvgIpc) is 3.52. The number of hydrogen-bond donors (Lipinski definition) is 1. The Morgan fingerprint density at radius 2 is 1.87 bits per heavy atom. The molecule has 0 radical (unpaired) electrons. The van der Waals surface area contributed by atoms with Crippen LogP contribution in [-0.2, 0) is 16.6 Å². The summed E-state index contributed by atoms with van der Waals surface area (Å²) in [5.74, 6) is 1.22. The fraction of sp³-hybridized carbons (Fsp3) is 0.481. The van der Waals surface area contributed by atoms with Gasteiger partial charge in [-0.2, -0.15) is 4.31 Å². The summed E-state index contributed by atoms with van der Waals surface area (Å²) in [6.07, 6.45) is 0. The predicted molar refractivity (Wildman–Crippen MR) is 156 cm³/mol. The van der Waals surface area contributed by atoms with Crippen LogP contribution in [0, 0.1) is 13.8 Å². The second-order valence-electron chi connectivity index (χ2n) is 10.6. The summed E-state index contributed by atoms with van der Waals surface area (Å²) < 4.78 is 34.2. The van der Waals surface area contributed by atoms with Crippen LogP contribution in [0.25, 0.3) is 10.6 Å². The molecule has 1 saturated heterocycles. The van der Waals surface area contributed by atoms with Crippen molar-refractivity contribution in [1.82, 2.24) is 19.3 Å². The highest BCUT2D eigenvalue weighted by Crippen LogP contribution is 2.35. The largest absolute Gasteiger partial charge is 0.383 e. The van der Waals surface area contributed by atoms with Gasteiger partial charge in [-0.3, -0.25) is 4.90 Å². The molecule has 0 saturated carbocycles. The van der Waals surface area contributed by atoms with E-state index in [-0.39, 0.29) is 6.04 Å². The lowest BCUT2D eigenvalue weighted by atomic mass is 10.0. The quantitative estimate of drug-likeness (QED) is 0.439. The Hall–Kier alpha value is -2.77. The molecule has 0 unspecified atom stereocenters. The number of rotatable bonds is 8. The van der Waals surface area contributed by atoms with Gasteiger partial charge in [0.2, 0.25) is 0 Å². The number of nitrogens with zero attached hydrogens (tertiary/aromatic N) is 6. The molecule has 4 heterocycles. The number of amidine groups is 1. The van der Waals surface area contributed by atoms with Crippen molar-refractivity contribution in [1.29, 1.82) is 0 Å². The van der Waals surface area contributed by atoms with E-state index in [9.17, 15) is 8.42 Å². The van der Waals surface area contributed by atoms with Gasteiger partial charge in [0.25, 0.3) is 10.0 Å². The molecule has 2 aliphatic heterocycles. The highest BCUT2D eigenvalue weighted by Gasteiger charge is 2.32. The van der Waals surface area contributed by atoms with Crippen molar-refractivity contribution in [2.75, 3.05) is 58.4 Å². The molecule has 12 heteroatoms. The van der Waals surface area contributed by atoms with E-state index in [0.717, 1.165) is 40.5 Å². The summed E-state index contributed by atoms with van der Waals surface area (Å²) in [4.78, 5) is 12.2. The highest BCUT2D eigenvalue weighted by molar-refractivity contribution is 7.91. The monoisotopic (exact) mass is 571 g/mol. The van der Waals surface area contributed by atoms with Crippen LogP contribution in [0.4, 0.5) is 5.69 Å². The van der Waals surface area contributed by atoms with Crippen molar-refractivity contribution >= 4 is 32.9 Å². The number of hydrogen-bond acceptors (Lipinski definition) is 10. The fourth-order valence-corrected chi connectivity index (χ4v) is 8.17. The molecule has 39 heavy (non-hydrogen) atoms. The molecular formula is C27H37N7O3S2. The molecule has 2 aliphatic rings. The minimum Gasteiger partial charge on any atom is -0.383 e. The maximum Gasteiger partial charge on any atom is 0.252 e. The predicted octanol–water partition coefficient (Wildman–Crippen LogP) is 2.96. The van der Waals surface area contributed by atoms with E-state index in [2.05, 4.69) is 51.9 Å². The summed E-state index contributed by atoms with van der Waals surface area (Å²) >= 11 is 1.23. The van der Waals surface area contributed by atoms with Crippen molar-refractivity contribution in [2.45, 2.75) is 37.6 Å². The second kappa shape index (κ2) is 11.0. The number of aromatic nitrogens is 1.